The average Bonchev–Trinajstić information content (AvgIpc) is 2.26. The van der Waals surface area contributed by atoms with Crippen molar-refractivity contribution in [1.29, 1.82) is 0 Å². The Bertz CT molecular complexity index is 331. The molecule has 0 saturated carbocycles. The molecular formula is C13H20ClNO2. The summed E-state index contributed by atoms with van der Waals surface area (Å²) in [6, 6.07) is 7.90. The molecule has 0 radical (unpaired) electrons. The average molecular weight is 258 g/mol. The minimum Gasteiger partial charge on any atom is -0.389 e. The molecule has 0 amide bonds. The summed E-state index contributed by atoms with van der Waals surface area (Å²) in [5.74, 6) is 0. The molecule has 0 aliphatic rings. The van der Waals surface area contributed by atoms with Gasteiger partial charge in [-0.1, -0.05) is 37.6 Å². The van der Waals surface area contributed by atoms with Crippen LogP contribution in [0.5, 0.6) is 0 Å². The van der Waals surface area contributed by atoms with Crippen LogP contribution in [0.1, 0.15) is 19.4 Å². The molecule has 1 rings (SSSR count). The topological polar surface area (TPSA) is 41.5 Å². The first-order valence-corrected chi connectivity index (χ1v) is 6.19. The van der Waals surface area contributed by atoms with Crippen molar-refractivity contribution in [1.82, 2.24) is 5.32 Å². The number of hydrogen-bond acceptors (Lipinski definition) is 3. The van der Waals surface area contributed by atoms with Gasteiger partial charge in [0, 0.05) is 17.6 Å². The predicted octanol–water partition coefficient (Wildman–Crippen LogP) is 2.22. The second-order valence-corrected chi connectivity index (χ2v) is 4.80. The summed E-state index contributed by atoms with van der Waals surface area (Å²) in [6.07, 6.45) is -0.475. The highest BCUT2D eigenvalue weighted by Crippen LogP contribution is 2.11. The van der Waals surface area contributed by atoms with Crippen molar-refractivity contribution in [2.45, 2.75) is 32.6 Å². The molecule has 1 atom stereocenters. The Labute approximate surface area is 108 Å². The van der Waals surface area contributed by atoms with Crippen LogP contribution in [0.3, 0.4) is 0 Å². The molecular weight excluding hydrogens is 238 g/mol. The van der Waals surface area contributed by atoms with E-state index in [1.54, 1.807) is 0 Å². The molecule has 17 heavy (non-hydrogen) atoms. The van der Waals surface area contributed by atoms with E-state index >= 15 is 0 Å². The van der Waals surface area contributed by atoms with E-state index in [0.29, 0.717) is 30.8 Å². The van der Waals surface area contributed by atoms with Crippen LogP contribution in [0.15, 0.2) is 24.3 Å². The fourth-order valence-electron chi connectivity index (χ4n) is 1.37. The maximum atomic E-state index is 9.62. The van der Waals surface area contributed by atoms with Crippen LogP contribution in [-0.2, 0) is 11.3 Å². The van der Waals surface area contributed by atoms with Gasteiger partial charge in [-0.05, 0) is 17.7 Å². The SMILES string of the molecule is CC(C)NCC(O)COCc1cccc(Cl)c1. The standard InChI is InChI=1S/C13H20ClNO2/c1-10(2)15-7-13(16)9-17-8-11-4-3-5-12(14)6-11/h3-6,10,13,15-16H,7-9H2,1-2H3. The van der Waals surface area contributed by atoms with Crippen LogP contribution in [0.2, 0.25) is 5.02 Å². The van der Waals surface area contributed by atoms with Gasteiger partial charge in [0.1, 0.15) is 0 Å². The molecule has 2 N–H and O–H groups in total. The molecule has 0 aromatic heterocycles. The molecule has 0 aliphatic heterocycles. The lowest BCUT2D eigenvalue weighted by Gasteiger charge is -2.14. The van der Waals surface area contributed by atoms with E-state index in [0.717, 1.165) is 5.56 Å². The molecule has 1 aromatic rings. The van der Waals surface area contributed by atoms with Crippen molar-refractivity contribution in [2.75, 3.05) is 13.2 Å². The van der Waals surface area contributed by atoms with E-state index in [1.807, 2.05) is 38.1 Å². The Morgan fingerprint density at radius 1 is 1.41 bits per heavy atom. The maximum absolute atomic E-state index is 9.62. The lowest BCUT2D eigenvalue weighted by Crippen LogP contribution is -2.34. The molecule has 1 unspecified atom stereocenters. The Kier molecular flexibility index (Phi) is 6.52. The summed E-state index contributed by atoms with van der Waals surface area (Å²) >= 11 is 5.86. The normalized spacial score (nSPS) is 13.0. The minimum absolute atomic E-state index is 0.326. The van der Waals surface area contributed by atoms with Crippen LogP contribution in [0, 0.1) is 0 Å². The van der Waals surface area contributed by atoms with E-state index in [2.05, 4.69) is 5.32 Å². The van der Waals surface area contributed by atoms with Crippen LogP contribution < -0.4 is 5.32 Å². The third-order valence-corrected chi connectivity index (χ3v) is 2.46. The second-order valence-electron chi connectivity index (χ2n) is 4.36. The van der Waals surface area contributed by atoms with Gasteiger partial charge in [-0.25, -0.2) is 0 Å². The largest absolute Gasteiger partial charge is 0.389 e. The van der Waals surface area contributed by atoms with Gasteiger partial charge < -0.3 is 15.2 Å². The number of aliphatic hydroxyl groups is 1. The molecule has 3 nitrogen and oxygen atoms in total. The fourth-order valence-corrected chi connectivity index (χ4v) is 1.58. The van der Waals surface area contributed by atoms with Crippen LogP contribution in [-0.4, -0.2) is 30.4 Å². The zero-order valence-corrected chi connectivity index (χ0v) is 11.1. The number of benzene rings is 1. The van der Waals surface area contributed by atoms with Crippen molar-refractivity contribution in [3.05, 3.63) is 34.9 Å². The van der Waals surface area contributed by atoms with E-state index < -0.39 is 6.10 Å². The summed E-state index contributed by atoms with van der Waals surface area (Å²) in [4.78, 5) is 0. The molecule has 0 aliphatic carbocycles. The smallest absolute Gasteiger partial charge is 0.0897 e. The number of halogens is 1. The summed E-state index contributed by atoms with van der Waals surface area (Å²) in [7, 11) is 0. The Balaban J connectivity index is 2.19. The zero-order chi connectivity index (χ0) is 12.7. The zero-order valence-electron chi connectivity index (χ0n) is 10.3. The molecule has 0 fully saturated rings. The Morgan fingerprint density at radius 2 is 2.18 bits per heavy atom. The van der Waals surface area contributed by atoms with Crippen molar-refractivity contribution < 1.29 is 9.84 Å². The summed E-state index contributed by atoms with van der Waals surface area (Å²) in [5, 5.41) is 13.5. The number of hydrogen-bond donors (Lipinski definition) is 2. The number of ether oxygens (including phenoxy) is 1. The molecule has 0 saturated heterocycles. The van der Waals surface area contributed by atoms with Crippen molar-refractivity contribution >= 4 is 11.6 Å². The minimum atomic E-state index is -0.475. The highest BCUT2D eigenvalue weighted by molar-refractivity contribution is 6.30. The lowest BCUT2D eigenvalue weighted by molar-refractivity contribution is 0.0281. The highest BCUT2D eigenvalue weighted by atomic mass is 35.5. The van der Waals surface area contributed by atoms with Crippen molar-refractivity contribution in [3.63, 3.8) is 0 Å². The summed E-state index contributed by atoms with van der Waals surface area (Å²) < 4.78 is 5.42. The van der Waals surface area contributed by atoms with Crippen LogP contribution in [0.25, 0.3) is 0 Å². The third-order valence-electron chi connectivity index (χ3n) is 2.23. The van der Waals surface area contributed by atoms with E-state index in [4.69, 9.17) is 16.3 Å². The maximum Gasteiger partial charge on any atom is 0.0897 e. The molecule has 1 aromatic carbocycles. The first-order chi connectivity index (χ1) is 8.08. The highest BCUT2D eigenvalue weighted by Gasteiger charge is 2.05. The van der Waals surface area contributed by atoms with Gasteiger partial charge in [0.2, 0.25) is 0 Å². The summed E-state index contributed by atoms with van der Waals surface area (Å²) in [5.41, 5.74) is 1.02. The van der Waals surface area contributed by atoms with Crippen LogP contribution in [0.4, 0.5) is 0 Å². The van der Waals surface area contributed by atoms with Crippen LogP contribution >= 0.6 is 11.6 Å². The molecule has 4 heteroatoms. The fraction of sp³-hybridized carbons (Fsp3) is 0.538. The third kappa shape index (κ3) is 6.64. The number of rotatable bonds is 7. The Hall–Kier alpha value is -0.610. The van der Waals surface area contributed by atoms with E-state index in [-0.39, 0.29) is 0 Å². The van der Waals surface area contributed by atoms with Crippen molar-refractivity contribution in [2.24, 2.45) is 0 Å². The number of aliphatic hydroxyl groups excluding tert-OH is 1. The van der Waals surface area contributed by atoms with Gasteiger partial charge in [0.05, 0.1) is 19.3 Å². The van der Waals surface area contributed by atoms with Gasteiger partial charge in [-0.15, -0.1) is 0 Å². The second kappa shape index (κ2) is 7.67. The predicted molar refractivity (Wildman–Crippen MR) is 70.3 cm³/mol. The molecule has 96 valence electrons. The Morgan fingerprint density at radius 3 is 2.82 bits per heavy atom. The van der Waals surface area contributed by atoms with Gasteiger partial charge in [-0.2, -0.15) is 0 Å². The summed E-state index contributed by atoms with van der Waals surface area (Å²) in [6.45, 7) is 5.43. The monoisotopic (exact) mass is 257 g/mol. The first-order valence-electron chi connectivity index (χ1n) is 5.81. The van der Waals surface area contributed by atoms with Gasteiger partial charge in [-0.3, -0.25) is 0 Å². The molecule has 0 heterocycles. The van der Waals surface area contributed by atoms with Gasteiger partial charge in [0.25, 0.3) is 0 Å². The van der Waals surface area contributed by atoms with E-state index in [9.17, 15) is 5.11 Å². The lowest BCUT2D eigenvalue weighted by atomic mass is 10.2. The van der Waals surface area contributed by atoms with Crippen molar-refractivity contribution in [3.8, 4) is 0 Å². The molecule has 0 spiro atoms. The quantitative estimate of drug-likeness (QED) is 0.787. The van der Waals surface area contributed by atoms with Gasteiger partial charge >= 0.3 is 0 Å². The van der Waals surface area contributed by atoms with E-state index in [1.165, 1.54) is 0 Å². The molecule has 0 bridgehead atoms. The number of nitrogens with one attached hydrogen (secondary N) is 1. The van der Waals surface area contributed by atoms with Gasteiger partial charge in [0.15, 0.2) is 0 Å². The first kappa shape index (κ1) is 14.5.